The summed E-state index contributed by atoms with van der Waals surface area (Å²) in [6, 6.07) is 0. The van der Waals surface area contributed by atoms with E-state index in [0.29, 0.717) is 0 Å². The van der Waals surface area contributed by atoms with Crippen LogP contribution in [0.25, 0.3) is 0 Å². The van der Waals surface area contributed by atoms with Crippen LogP contribution in [-0.2, 0) is 0 Å². The van der Waals surface area contributed by atoms with E-state index in [1.54, 1.807) is 0 Å². The molecule has 2 rings (SSSR count). The van der Waals surface area contributed by atoms with Crippen LogP contribution in [0.3, 0.4) is 0 Å². The molecule has 0 unspecified atom stereocenters. The normalized spacial score (nSPS) is 18.7. The summed E-state index contributed by atoms with van der Waals surface area (Å²) in [5.41, 5.74) is -1.83. The predicted octanol–water partition coefficient (Wildman–Crippen LogP) is 2.64. The summed E-state index contributed by atoms with van der Waals surface area (Å²) in [4.78, 5) is 7.33. The van der Waals surface area contributed by atoms with Gasteiger partial charge < -0.3 is 5.32 Å². The highest BCUT2D eigenvalue weighted by Gasteiger charge is 2.63. The number of nitrogens with one attached hydrogen (secondary N) is 1. The summed E-state index contributed by atoms with van der Waals surface area (Å²) in [5.74, 6) is -0.0470. The van der Waals surface area contributed by atoms with Crippen molar-refractivity contribution in [1.29, 1.82) is 0 Å². The van der Waals surface area contributed by atoms with Gasteiger partial charge in [-0.1, -0.05) is 11.6 Å². The van der Waals surface area contributed by atoms with Gasteiger partial charge in [0, 0.05) is 0 Å². The van der Waals surface area contributed by atoms with Gasteiger partial charge in [-0.05, 0) is 12.8 Å². The van der Waals surface area contributed by atoms with Crippen molar-refractivity contribution in [2.24, 2.45) is 0 Å². The Morgan fingerprint density at radius 1 is 1.27 bits per heavy atom. The molecular weight excluding hydrogens is 231 g/mol. The van der Waals surface area contributed by atoms with Gasteiger partial charge in [0.1, 0.15) is 5.54 Å². The number of hydrogen-bond donors (Lipinski definition) is 1. The maximum atomic E-state index is 12.5. The quantitative estimate of drug-likeness (QED) is 0.859. The zero-order chi connectivity index (χ0) is 11.1. The third-order valence-corrected chi connectivity index (χ3v) is 2.46. The van der Waals surface area contributed by atoms with Crippen molar-refractivity contribution in [2.75, 3.05) is 5.32 Å². The van der Waals surface area contributed by atoms with E-state index in [0.717, 1.165) is 0 Å². The minimum absolute atomic E-state index is 0.0470. The number of nitrogens with zero attached hydrogens (tertiary/aromatic N) is 2. The van der Waals surface area contributed by atoms with E-state index < -0.39 is 11.7 Å². The first-order chi connectivity index (χ1) is 6.93. The Hall–Kier alpha value is -1.04. The van der Waals surface area contributed by atoms with Crippen LogP contribution in [0.1, 0.15) is 12.8 Å². The molecule has 1 aromatic heterocycles. The van der Waals surface area contributed by atoms with Crippen molar-refractivity contribution in [3.05, 3.63) is 17.4 Å². The molecule has 0 radical (unpaired) electrons. The molecule has 0 aromatic carbocycles. The lowest BCUT2D eigenvalue weighted by atomic mass is 10.3. The maximum absolute atomic E-state index is 12.5. The van der Waals surface area contributed by atoms with Gasteiger partial charge in [0.05, 0.1) is 17.4 Å². The Morgan fingerprint density at radius 2 is 1.80 bits per heavy atom. The first-order valence-electron chi connectivity index (χ1n) is 4.25. The van der Waals surface area contributed by atoms with E-state index in [9.17, 15) is 13.2 Å². The van der Waals surface area contributed by atoms with Crippen LogP contribution in [0.15, 0.2) is 12.4 Å². The lowest BCUT2D eigenvalue weighted by molar-refractivity contribution is -0.151. The van der Waals surface area contributed by atoms with Crippen LogP contribution in [0.2, 0.25) is 5.02 Å². The molecule has 7 heteroatoms. The van der Waals surface area contributed by atoms with Crippen LogP contribution in [0.5, 0.6) is 0 Å². The molecule has 0 bridgehead atoms. The van der Waals surface area contributed by atoms with Crippen LogP contribution in [-0.4, -0.2) is 21.7 Å². The first-order valence-corrected chi connectivity index (χ1v) is 4.63. The summed E-state index contributed by atoms with van der Waals surface area (Å²) in [6.45, 7) is 0. The Morgan fingerprint density at radius 3 is 2.20 bits per heavy atom. The van der Waals surface area contributed by atoms with Crippen LogP contribution in [0.4, 0.5) is 19.1 Å². The molecule has 1 aliphatic rings. The van der Waals surface area contributed by atoms with E-state index in [-0.39, 0.29) is 23.8 Å². The average Bonchev–Trinajstić information content (AvgIpc) is 2.89. The van der Waals surface area contributed by atoms with Gasteiger partial charge in [0.15, 0.2) is 0 Å². The summed E-state index contributed by atoms with van der Waals surface area (Å²) in [7, 11) is 0. The standard InChI is InChI=1S/C8H7ClF3N3/c9-5-3-13-6(14-4-5)15-7(1-2-7)8(10,11)12/h3-4H,1-2H2,(H,13,14,15). The van der Waals surface area contributed by atoms with Crippen molar-refractivity contribution in [2.45, 2.75) is 24.6 Å². The molecule has 0 saturated heterocycles. The number of rotatable bonds is 2. The molecule has 0 aliphatic heterocycles. The molecule has 0 spiro atoms. The molecule has 82 valence electrons. The van der Waals surface area contributed by atoms with E-state index in [1.807, 2.05) is 0 Å². The summed E-state index contributed by atoms with van der Waals surface area (Å²) in [6.07, 6.45) is -1.65. The molecule has 15 heavy (non-hydrogen) atoms. The summed E-state index contributed by atoms with van der Waals surface area (Å²) < 4.78 is 37.6. The molecule has 1 fully saturated rings. The lowest BCUT2D eigenvalue weighted by Gasteiger charge is -2.20. The van der Waals surface area contributed by atoms with Gasteiger partial charge in [-0.2, -0.15) is 13.2 Å². The fourth-order valence-electron chi connectivity index (χ4n) is 1.20. The molecule has 1 saturated carbocycles. The number of alkyl halides is 3. The van der Waals surface area contributed by atoms with Gasteiger partial charge in [0.2, 0.25) is 5.95 Å². The third-order valence-electron chi connectivity index (χ3n) is 2.26. The van der Waals surface area contributed by atoms with Crippen molar-refractivity contribution < 1.29 is 13.2 Å². The predicted molar refractivity (Wildman–Crippen MR) is 48.7 cm³/mol. The van der Waals surface area contributed by atoms with Crippen LogP contribution in [0, 0.1) is 0 Å². The van der Waals surface area contributed by atoms with Gasteiger partial charge in [-0.3, -0.25) is 0 Å². The molecule has 1 aromatic rings. The first kappa shape index (κ1) is 10.5. The average molecular weight is 238 g/mol. The van der Waals surface area contributed by atoms with Crippen LogP contribution < -0.4 is 5.32 Å². The highest BCUT2D eigenvalue weighted by Crippen LogP contribution is 2.50. The Kier molecular flexibility index (Phi) is 2.26. The summed E-state index contributed by atoms with van der Waals surface area (Å²) in [5, 5.41) is 2.58. The van der Waals surface area contributed by atoms with Gasteiger partial charge >= 0.3 is 6.18 Å². The smallest absolute Gasteiger partial charge is 0.340 e. The van der Waals surface area contributed by atoms with E-state index in [2.05, 4.69) is 15.3 Å². The third kappa shape index (κ3) is 1.99. The Bertz CT molecular complexity index is 358. The van der Waals surface area contributed by atoms with Gasteiger partial charge in [-0.25, -0.2) is 9.97 Å². The number of hydrogen-bond acceptors (Lipinski definition) is 3. The Labute approximate surface area is 88.7 Å². The molecule has 1 heterocycles. The second-order valence-corrected chi connectivity index (χ2v) is 3.87. The van der Waals surface area contributed by atoms with E-state index in [1.165, 1.54) is 12.4 Å². The van der Waals surface area contributed by atoms with Crippen molar-refractivity contribution in [1.82, 2.24) is 9.97 Å². The molecule has 0 amide bonds. The topological polar surface area (TPSA) is 37.8 Å². The highest BCUT2D eigenvalue weighted by molar-refractivity contribution is 6.30. The maximum Gasteiger partial charge on any atom is 0.411 e. The molecular formula is C8H7ClF3N3. The number of anilines is 1. The monoisotopic (exact) mass is 237 g/mol. The molecule has 1 aliphatic carbocycles. The second kappa shape index (κ2) is 3.23. The minimum atomic E-state index is -4.27. The van der Waals surface area contributed by atoms with Gasteiger partial charge in [0.25, 0.3) is 0 Å². The molecule has 1 N–H and O–H groups in total. The van der Waals surface area contributed by atoms with E-state index >= 15 is 0 Å². The van der Waals surface area contributed by atoms with E-state index in [4.69, 9.17) is 11.6 Å². The molecule has 0 atom stereocenters. The van der Waals surface area contributed by atoms with Crippen molar-refractivity contribution in [3.63, 3.8) is 0 Å². The highest BCUT2D eigenvalue weighted by atomic mass is 35.5. The number of halogens is 4. The Balaban J connectivity index is 2.13. The van der Waals surface area contributed by atoms with Crippen molar-refractivity contribution in [3.8, 4) is 0 Å². The van der Waals surface area contributed by atoms with Gasteiger partial charge in [-0.15, -0.1) is 0 Å². The second-order valence-electron chi connectivity index (χ2n) is 3.43. The van der Waals surface area contributed by atoms with Crippen molar-refractivity contribution >= 4 is 17.5 Å². The fraction of sp³-hybridized carbons (Fsp3) is 0.500. The SMILES string of the molecule is FC(F)(F)C1(Nc2ncc(Cl)cn2)CC1. The lowest BCUT2D eigenvalue weighted by Crippen LogP contribution is -2.39. The fourth-order valence-corrected chi connectivity index (χ4v) is 1.29. The largest absolute Gasteiger partial charge is 0.411 e. The zero-order valence-corrected chi connectivity index (χ0v) is 8.23. The molecule has 3 nitrogen and oxygen atoms in total. The minimum Gasteiger partial charge on any atom is -0.340 e. The summed E-state index contributed by atoms with van der Waals surface area (Å²) >= 11 is 5.51. The zero-order valence-electron chi connectivity index (χ0n) is 7.48. The number of aromatic nitrogens is 2. The van der Waals surface area contributed by atoms with Crippen LogP contribution >= 0.6 is 11.6 Å².